The summed E-state index contributed by atoms with van der Waals surface area (Å²) in [7, 11) is 0. The number of pyridine rings is 1. The largest absolute Gasteiger partial charge is 0.321 e. The molecule has 1 aromatic heterocycles. The van der Waals surface area contributed by atoms with Crippen LogP contribution < -0.4 is 5.73 Å². The van der Waals surface area contributed by atoms with Crippen molar-refractivity contribution >= 4 is 10.9 Å². The Balaban J connectivity index is 2.49. The van der Waals surface area contributed by atoms with Crippen LogP contribution in [0.4, 0.5) is 0 Å². The van der Waals surface area contributed by atoms with Crippen molar-refractivity contribution in [3.05, 3.63) is 42.1 Å². The van der Waals surface area contributed by atoms with Crippen LogP contribution >= 0.6 is 0 Å². The highest BCUT2D eigenvalue weighted by molar-refractivity contribution is 5.79. The summed E-state index contributed by atoms with van der Waals surface area (Å²) in [5.74, 6) is 0.455. The van der Waals surface area contributed by atoms with Gasteiger partial charge >= 0.3 is 0 Å². The van der Waals surface area contributed by atoms with Crippen molar-refractivity contribution in [3.63, 3.8) is 0 Å². The number of fused-ring (bicyclic) bond motifs is 1. The van der Waals surface area contributed by atoms with Crippen LogP contribution in [0.2, 0.25) is 0 Å². The van der Waals surface area contributed by atoms with E-state index in [1.165, 1.54) is 5.56 Å². The SMILES string of the molecule is CCC(C)C(C)(N)c1ccc2ncccc2c1. The van der Waals surface area contributed by atoms with E-state index in [0.29, 0.717) is 5.92 Å². The van der Waals surface area contributed by atoms with Crippen molar-refractivity contribution in [1.82, 2.24) is 4.98 Å². The number of hydrogen-bond acceptors (Lipinski definition) is 2. The molecule has 2 atom stereocenters. The summed E-state index contributed by atoms with van der Waals surface area (Å²) in [5.41, 5.74) is 8.40. The average molecular weight is 228 g/mol. The van der Waals surface area contributed by atoms with Gasteiger partial charge in [0.15, 0.2) is 0 Å². The highest BCUT2D eigenvalue weighted by atomic mass is 14.7. The number of benzene rings is 1. The molecule has 1 heterocycles. The van der Waals surface area contributed by atoms with E-state index in [1.54, 1.807) is 0 Å². The van der Waals surface area contributed by atoms with Crippen molar-refractivity contribution < 1.29 is 0 Å². The number of rotatable bonds is 3. The molecular formula is C15H20N2. The van der Waals surface area contributed by atoms with Gasteiger partial charge in [-0.25, -0.2) is 0 Å². The van der Waals surface area contributed by atoms with E-state index in [0.717, 1.165) is 17.3 Å². The fraction of sp³-hybridized carbons (Fsp3) is 0.400. The van der Waals surface area contributed by atoms with Crippen molar-refractivity contribution in [2.45, 2.75) is 32.7 Å². The molecule has 0 saturated heterocycles. The second-order valence-corrected chi connectivity index (χ2v) is 5.00. The lowest BCUT2D eigenvalue weighted by atomic mass is 9.80. The van der Waals surface area contributed by atoms with Crippen LogP contribution in [0.1, 0.15) is 32.8 Å². The molecule has 0 bridgehead atoms. The molecule has 1 aromatic carbocycles. The van der Waals surface area contributed by atoms with Crippen molar-refractivity contribution in [2.24, 2.45) is 11.7 Å². The van der Waals surface area contributed by atoms with Gasteiger partial charge in [-0.15, -0.1) is 0 Å². The first-order chi connectivity index (χ1) is 8.05. The summed E-state index contributed by atoms with van der Waals surface area (Å²) in [5, 5.41) is 1.16. The predicted molar refractivity (Wildman–Crippen MR) is 72.7 cm³/mol. The second-order valence-electron chi connectivity index (χ2n) is 5.00. The highest BCUT2D eigenvalue weighted by Crippen LogP contribution is 2.30. The lowest BCUT2D eigenvalue weighted by molar-refractivity contribution is 0.316. The zero-order chi connectivity index (χ0) is 12.5. The minimum atomic E-state index is -0.279. The molecule has 2 nitrogen and oxygen atoms in total. The number of hydrogen-bond donors (Lipinski definition) is 1. The Morgan fingerprint density at radius 3 is 2.82 bits per heavy atom. The molecule has 0 radical (unpaired) electrons. The fourth-order valence-electron chi connectivity index (χ4n) is 2.12. The minimum Gasteiger partial charge on any atom is -0.321 e. The van der Waals surface area contributed by atoms with E-state index < -0.39 is 0 Å². The first kappa shape index (κ1) is 12.1. The Morgan fingerprint density at radius 1 is 1.35 bits per heavy atom. The summed E-state index contributed by atoms with van der Waals surface area (Å²) in [6.07, 6.45) is 2.90. The van der Waals surface area contributed by atoms with Gasteiger partial charge in [0, 0.05) is 17.1 Å². The molecule has 2 heteroatoms. The van der Waals surface area contributed by atoms with Crippen LogP contribution in [0, 0.1) is 5.92 Å². The molecule has 0 aliphatic heterocycles. The van der Waals surface area contributed by atoms with E-state index >= 15 is 0 Å². The van der Waals surface area contributed by atoms with Crippen molar-refractivity contribution in [3.8, 4) is 0 Å². The van der Waals surface area contributed by atoms with Gasteiger partial charge in [-0.1, -0.05) is 32.4 Å². The van der Waals surface area contributed by atoms with E-state index in [2.05, 4.69) is 50.0 Å². The topological polar surface area (TPSA) is 38.9 Å². The summed E-state index contributed by atoms with van der Waals surface area (Å²) >= 11 is 0. The van der Waals surface area contributed by atoms with Crippen LogP contribution in [-0.2, 0) is 5.54 Å². The molecule has 0 spiro atoms. The number of nitrogens with two attached hydrogens (primary N) is 1. The van der Waals surface area contributed by atoms with E-state index in [1.807, 2.05) is 12.3 Å². The molecule has 2 unspecified atom stereocenters. The van der Waals surface area contributed by atoms with Crippen LogP contribution in [0.15, 0.2) is 36.5 Å². The monoisotopic (exact) mass is 228 g/mol. The zero-order valence-electron chi connectivity index (χ0n) is 10.8. The number of nitrogens with zero attached hydrogens (tertiary/aromatic N) is 1. The van der Waals surface area contributed by atoms with E-state index in [4.69, 9.17) is 5.73 Å². The van der Waals surface area contributed by atoms with Crippen LogP contribution in [0.5, 0.6) is 0 Å². The first-order valence-corrected chi connectivity index (χ1v) is 6.20. The van der Waals surface area contributed by atoms with Crippen LogP contribution in [-0.4, -0.2) is 4.98 Å². The summed E-state index contributed by atoms with van der Waals surface area (Å²) in [6, 6.07) is 10.4. The molecule has 0 fully saturated rings. The number of aromatic nitrogens is 1. The highest BCUT2D eigenvalue weighted by Gasteiger charge is 2.27. The van der Waals surface area contributed by atoms with Gasteiger partial charge in [0.25, 0.3) is 0 Å². The fourth-order valence-corrected chi connectivity index (χ4v) is 2.12. The Morgan fingerprint density at radius 2 is 2.12 bits per heavy atom. The Kier molecular flexibility index (Phi) is 3.16. The first-order valence-electron chi connectivity index (χ1n) is 6.20. The molecule has 2 aromatic rings. The van der Waals surface area contributed by atoms with Crippen molar-refractivity contribution in [1.29, 1.82) is 0 Å². The van der Waals surface area contributed by atoms with E-state index in [-0.39, 0.29) is 5.54 Å². The molecule has 2 N–H and O–H groups in total. The van der Waals surface area contributed by atoms with Gasteiger partial charge in [0.1, 0.15) is 0 Å². The molecule has 2 rings (SSSR count). The third kappa shape index (κ3) is 2.18. The molecule has 90 valence electrons. The summed E-state index contributed by atoms with van der Waals surface area (Å²) in [4.78, 5) is 4.33. The van der Waals surface area contributed by atoms with Gasteiger partial charge < -0.3 is 5.73 Å². The maximum atomic E-state index is 6.46. The Hall–Kier alpha value is -1.41. The molecule has 0 amide bonds. The zero-order valence-corrected chi connectivity index (χ0v) is 10.8. The van der Waals surface area contributed by atoms with Crippen LogP contribution in [0.3, 0.4) is 0 Å². The summed E-state index contributed by atoms with van der Waals surface area (Å²) in [6.45, 7) is 6.49. The molecule has 17 heavy (non-hydrogen) atoms. The van der Waals surface area contributed by atoms with Gasteiger partial charge in [0.2, 0.25) is 0 Å². The van der Waals surface area contributed by atoms with Gasteiger partial charge in [-0.3, -0.25) is 4.98 Å². The maximum absolute atomic E-state index is 6.46. The average Bonchev–Trinajstić information content (AvgIpc) is 2.37. The van der Waals surface area contributed by atoms with Crippen molar-refractivity contribution in [2.75, 3.05) is 0 Å². The normalized spacial score (nSPS) is 16.7. The quantitative estimate of drug-likeness (QED) is 0.873. The lowest BCUT2D eigenvalue weighted by Crippen LogP contribution is -2.39. The predicted octanol–water partition coefficient (Wildman–Crippen LogP) is 3.45. The minimum absolute atomic E-state index is 0.279. The molecule has 0 aliphatic carbocycles. The second kappa shape index (κ2) is 4.46. The standard InChI is InChI=1S/C15H20N2/c1-4-11(2)15(3,16)13-7-8-14-12(10-13)6-5-9-17-14/h5-11H,4,16H2,1-3H3. The Bertz CT molecular complexity index is 517. The van der Waals surface area contributed by atoms with E-state index in [9.17, 15) is 0 Å². The third-order valence-electron chi connectivity index (χ3n) is 3.86. The van der Waals surface area contributed by atoms with Gasteiger partial charge in [0.05, 0.1) is 5.52 Å². The summed E-state index contributed by atoms with van der Waals surface area (Å²) < 4.78 is 0. The molecular weight excluding hydrogens is 208 g/mol. The Labute approximate surface area is 103 Å². The maximum Gasteiger partial charge on any atom is 0.0702 e. The van der Waals surface area contributed by atoms with Gasteiger partial charge in [-0.2, -0.15) is 0 Å². The molecule has 0 saturated carbocycles. The van der Waals surface area contributed by atoms with Crippen LogP contribution in [0.25, 0.3) is 10.9 Å². The molecule has 0 aliphatic rings. The smallest absolute Gasteiger partial charge is 0.0702 e. The third-order valence-corrected chi connectivity index (χ3v) is 3.86. The van der Waals surface area contributed by atoms with Gasteiger partial charge in [-0.05, 0) is 36.6 Å². The lowest BCUT2D eigenvalue weighted by Gasteiger charge is -2.31.